The smallest absolute Gasteiger partial charge is 0.423 e. The van der Waals surface area contributed by atoms with Crippen LogP contribution in [0.1, 0.15) is 5.56 Å². The van der Waals surface area contributed by atoms with Gasteiger partial charge in [-0.05, 0) is 41.4 Å². The highest BCUT2D eigenvalue weighted by atomic mass is 32.2. The summed E-state index contributed by atoms with van der Waals surface area (Å²) in [6.45, 7) is 0.421. The molecule has 0 aliphatic carbocycles. The number of nitrogens with zero attached hydrogens (tertiary/aromatic N) is 2. The Hall–Kier alpha value is -3.07. The van der Waals surface area contributed by atoms with Crippen molar-refractivity contribution in [1.82, 2.24) is 4.57 Å². The molecule has 142 valence electrons. The molecule has 3 aromatic carbocycles. The molecule has 1 N–H and O–H groups in total. The van der Waals surface area contributed by atoms with E-state index in [9.17, 15) is 15.1 Å². The van der Waals surface area contributed by atoms with Gasteiger partial charge in [0.05, 0.1) is 17.0 Å². The van der Waals surface area contributed by atoms with E-state index in [0.717, 1.165) is 37.4 Å². The van der Waals surface area contributed by atoms with Crippen molar-refractivity contribution in [3.05, 3.63) is 88.6 Å². The monoisotopic (exact) mass is 402 g/mol. The SMILES string of the molecule is O=[N+]([O-])c1ccc(Sc2cn(-c3ccc4c(c3)B(O)OC4)c3ccccc23)cc1. The first-order chi connectivity index (χ1) is 14.1. The van der Waals surface area contributed by atoms with Gasteiger partial charge in [0.1, 0.15) is 0 Å². The van der Waals surface area contributed by atoms with Gasteiger partial charge in [-0.3, -0.25) is 10.1 Å². The number of nitro groups is 1. The lowest BCUT2D eigenvalue weighted by molar-refractivity contribution is -0.384. The normalized spacial score (nSPS) is 13.1. The van der Waals surface area contributed by atoms with Crippen molar-refractivity contribution in [1.29, 1.82) is 0 Å². The highest BCUT2D eigenvalue weighted by molar-refractivity contribution is 7.99. The molecule has 0 saturated heterocycles. The Labute approximate surface area is 171 Å². The molecule has 0 saturated carbocycles. The number of benzene rings is 3. The first-order valence-electron chi connectivity index (χ1n) is 9.05. The van der Waals surface area contributed by atoms with E-state index in [1.54, 1.807) is 23.9 Å². The lowest BCUT2D eigenvalue weighted by atomic mass is 9.79. The number of hydrogen-bond donors (Lipinski definition) is 1. The fourth-order valence-electron chi connectivity index (χ4n) is 3.56. The van der Waals surface area contributed by atoms with Gasteiger partial charge in [-0.2, -0.15) is 0 Å². The maximum atomic E-state index is 10.9. The molecule has 0 amide bonds. The zero-order valence-electron chi connectivity index (χ0n) is 15.2. The van der Waals surface area contributed by atoms with E-state index >= 15 is 0 Å². The van der Waals surface area contributed by atoms with Crippen molar-refractivity contribution < 1.29 is 14.6 Å². The first-order valence-corrected chi connectivity index (χ1v) is 9.87. The minimum atomic E-state index is -0.888. The Morgan fingerprint density at radius 2 is 1.90 bits per heavy atom. The number of para-hydroxylation sites is 1. The summed E-state index contributed by atoms with van der Waals surface area (Å²) in [5.74, 6) is 0. The summed E-state index contributed by atoms with van der Waals surface area (Å²) in [6.07, 6.45) is 2.06. The maximum Gasteiger partial charge on any atom is 0.491 e. The number of hydrogen-bond acceptors (Lipinski definition) is 5. The molecule has 6 nitrogen and oxygen atoms in total. The zero-order chi connectivity index (χ0) is 20.0. The maximum absolute atomic E-state index is 10.9. The number of aromatic nitrogens is 1. The Bertz CT molecular complexity index is 1240. The van der Waals surface area contributed by atoms with Crippen LogP contribution in [0, 0.1) is 10.1 Å². The van der Waals surface area contributed by atoms with Crippen LogP contribution in [0.5, 0.6) is 0 Å². The van der Waals surface area contributed by atoms with Crippen LogP contribution in [0.3, 0.4) is 0 Å². The molecule has 0 bridgehead atoms. The zero-order valence-corrected chi connectivity index (χ0v) is 16.0. The van der Waals surface area contributed by atoms with Crippen LogP contribution in [0.2, 0.25) is 0 Å². The van der Waals surface area contributed by atoms with Crippen LogP contribution in [0.15, 0.2) is 82.7 Å². The molecular weight excluding hydrogens is 387 g/mol. The number of fused-ring (bicyclic) bond motifs is 2. The average molecular weight is 402 g/mol. The van der Waals surface area contributed by atoms with E-state index < -0.39 is 12.0 Å². The fraction of sp³-hybridized carbons (Fsp3) is 0.0476. The second kappa shape index (κ2) is 7.07. The third-order valence-corrected chi connectivity index (χ3v) is 6.07. The number of non-ortho nitro benzene ring substituents is 1. The van der Waals surface area contributed by atoms with Gasteiger partial charge >= 0.3 is 7.12 Å². The molecular formula is C21H15BN2O4S. The van der Waals surface area contributed by atoms with Gasteiger partial charge in [-0.25, -0.2) is 0 Å². The predicted octanol–water partition coefficient (Wildman–Crippen LogP) is 3.91. The van der Waals surface area contributed by atoms with Crippen LogP contribution in [-0.4, -0.2) is 21.6 Å². The van der Waals surface area contributed by atoms with Gasteiger partial charge in [-0.15, -0.1) is 0 Å². The summed E-state index contributed by atoms with van der Waals surface area (Å²) in [6, 6.07) is 20.6. The highest BCUT2D eigenvalue weighted by Crippen LogP contribution is 2.36. The molecule has 0 radical (unpaired) electrons. The number of nitro benzene ring substituents is 1. The van der Waals surface area contributed by atoms with E-state index in [2.05, 4.69) is 22.9 Å². The van der Waals surface area contributed by atoms with Crippen molar-refractivity contribution in [3.8, 4) is 5.69 Å². The molecule has 1 aliphatic heterocycles. The third-order valence-electron chi connectivity index (χ3n) is 5.02. The van der Waals surface area contributed by atoms with Crippen LogP contribution in [0.4, 0.5) is 5.69 Å². The molecule has 2 heterocycles. The Kier molecular flexibility index (Phi) is 4.39. The van der Waals surface area contributed by atoms with Gasteiger partial charge in [0.2, 0.25) is 0 Å². The summed E-state index contributed by atoms with van der Waals surface area (Å²) in [7, 11) is -0.888. The van der Waals surface area contributed by atoms with E-state index in [1.165, 1.54) is 12.1 Å². The Morgan fingerprint density at radius 3 is 2.69 bits per heavy atom. The molecule has 1 aromatic heterocycles. The van der Waals surface area contributed by atoms with Crippen LogP contribution in [-0.2, 0) is 11.3 Å². The average Bonchev–Trinajstić information content (AvgIpc) is 3.29. The van der Waals surface area contributed by atoms with Gasteiger partial charge in [0.15, 0.2) is 0 Å². The second-order valence-corrected chi connectivity index (χ2v) is 7.90. The van der Waals surface area contributed by atoms with Crippen molar-refractivity contribution in [2.45, 2.75) is 16.4 Å². The minimum absolute atomic E-state index is 0.0793. The van der Waals surface area contributed by atoms with E-state index in [1.807, 2.05) is 30.3 Å². The molecule has 8 heteroatoms. The lowest BCUT2D eigenvalue weighted by Crippen LogP contribution is -2.28. The summed E-state index contributed by atoms with van der Waals surface area (Å²) in [5.41, 5.74) is 3.86. The molecule has 0 spiro atoms. The minimum Gasteiger partial charge on any atom is -0.423 e. The van der Waals surface area contributed by atoms with Crippen LogP contribution < -0.4 is 5.46 Å². The Balaban J connectivity index is 1.57. The van der Waals surface area contributed by atoms with E-state index in [0.29, 0.717) is 6.61 Å². The van der Waals surface area contributed by atoms with Crippen LogP contribution >= 0.6 is 11.8 Å². The highest BCUT2D eigenvalue weighted by Gasteiger charge is 2.27. The summed E-state index contributed by atoms with van der Waals surface area (Å²) < 4.78 is 7.40. The summed E-state index contributed by atoms with van der Waals surface area (Å²) >= 11 is 1.56. The van der Waals surface area contributed by atoms with Gasteiger partial charge in [0.25, 0.3) is 5.69 Å². The molecule has 0 unspecified atom stereocenters. The molecule has 0 atom stereocenters. The molecule has 5 rings (SSSR count). The molecule has 4 aromatic rings. The predicted molar refractivity (Wildman–Crippen MR) is 113 cm³/mol. The number of rotatable bonds is 4. The Morgan fingerprint density at radius 1 is 1.10 bits per heavy atom. The second-order valence-electron chi connectivity index (χ2n) is 6.78. The lowest BCUT2D eigenvalue weighted by Gasteiger charge is -2.07. The topological polar surface area (TPSA) is 77.5 Å². The standard InChI is InChI=1S/C21H15BN2O4S/c25-22-19-11-16(6-5-14(19)13-28-22)23-12-21(18-3-1-2-4-20(18)23)29-17-9-7-15(8-10-17)24(26)27/h1-12,25H,13H2. The first kappa shape index (κ1) is 18.0. The van der Waals surface area contributed by atoms with Gasteiger partial charge in [-0.1, -0.05) is 36.0 Å². The van der Waals surface area contributed by atoms with Crippen molar-refractivity contribution >= 4 is 40.9 Å². The summed E-state index contributed by atoms with van der Waals surface area (Å²) in [4.78, 5) is 12.5. The van der Waals surface area contributed by atoms with Crippen LogP contribution in [0.25, 0.3) is 16.6 Å². The molecule has 0 fully saturated rings. The third kappa shape index (κ3) is 3.21. The fourth-order valence-corrected chi connectivity index (χ4v) is 4.53. The summed E-state index contributed by atoms with van der Waals surface area (Å²) in [5, 5.41) is 22.0. The van der Waals surface area contributed by atoms with Gasteiger partial charge < -0.3 is 14.2 Å². The van der Waals surface area contributed by atoms with Crippen molar-refractivity contribution in [3.63, 3.8) is 0 Å². The largest absolute Gasteiger partial charge is 0.491 e. The van der Waals surface area contributed by atoms with E-state index in [-0.39, 0.29) is 5.69 Å². The van der Waals surface area contributed by atoms with E-state index in [4.69, 9.17) is 4.65 Å². The van der Waals surface area contributed by atoms with Crippen molar-refractivity contribution in [2.75, 3.05) is 0 Å². The molecule has 1 aliphatic rings. The quantitative estimate of drug-likeness (QED) is 0.318. The van der Waals surface area contributed by atoms with Crippen molar-refractivity contribution in [2.24, 2.45) is 0 Å². The van der Waals surface area contributed by atoms with Gasteiger partial charge in [0, 0.05) is 39.2 Å². The molecule has 29 heavy (non-hydrogen) atoms.